The van der Waals surface area contributed by atoms with Crippen molar-refractivity contribution in [1.82, 2.24) is 10.0 Å². The fourth-order valence-corrected chi connectivity index (χ4v) is 3.70. The van der Waals surface area contributed by atoms with Gasteiger partial charge in [0.1, 0.15) is 0 Å². The maximum atomic E-state index is 11.8. The van der Waals surface area contributed by atoms with Gasteiger partial charge in [-0.25, -0.2) is 13.1 Å². The Balaban J connectivity index is 1.72. The van der Waals surface area contributed by atoms with Gasteiger partial charge in [-0.05, 0) is 55.1 Å². The highest BCUT2D eigenvalue weighted by atomic mass is 32.2. The summed E-state index contributed by atoms with van der Waals surface area (Å²) in [6.07, 6.45) is 3.99. The maximum absolute atomic E-state index is 11.8. The molecule has 0 unspecified atom stereocenters. The highest BCUT2D eigenvalue weighted by molar-refractivity contribution is 7.99. The summed E-state index contributed by atoms with van der Waals surface area (Å²) in [7, 11) is -2.07. The summed E-state index contributed by atoms with van der Waals surface area (Å²) in [4.78, 5) is 13.2. The minimum atomic E-state index is -3.44. The van der Waals surface area contributed by atoms with E-state index in [9.17, 15) is 13.2 Å². The highest BCUT2D eigenvalue weighted by Crippen LogP contribution is 2.17. The van der Waals surface area contributed by atoms with Crippen molar-refractivity contribution in [1.29, 1.82) is 0 Å². The average molecular weight is 391 g/mol. The summed E-state index contributed by atoms with van der Waals surface area (Å²) in [6.45, 7) is 0.613. The monoisotopic (exact) mass is 390 g/mol. The molecule has 0 heterocycles. The molecular weight excluding hydrogens is 368 g/mol. The summed E-state index contributed by atoms with van der Waals surface area (Å²) in [5.74, 6) is 0.775. The normalized spacial score (nSPS) is 11.6. The van der Waals surface area contributed by atoms with Gasteiger partial charge in [0.25, 0.3) is 0 Å². The van der Waals surface area contributed by atoms with Crippen molar-refractivity contribution < 1.29 is 13.2 Å². The molecule has 26 heavy (non-hydrogen) atoms. The van der Waals surface area contributed by atoms with Gasteiger partial charge in [-0.15, -0.1) is 11.8 Å². The van der Waals surface area contributed by atoms with Crippen molar-refractivity contribution in [3.63, 3.8) is 0 Å². The predicted octanol–water partition coefficient (Wildman–Crippen LogP) is 2.91. The van der Waals surface area contributed by atoms with E-state index in [2.05, 4.69) is 22.2 Å². The zero-order chi connectivity index (χ0) is 18.8. The van der Waals surface area contributed by atoms with Crippen LogP contribution in [-0.2, 0) is 14.8 Å². The number of hydrogen-bond acceptors (Lipinski definition) is 4. The minimum Gasteiger partial charge on any atom is -0.353 e. The number of benzene rings is 2. The van der Waals surface area contributed by atoms with E-state index in [-0.39, 0.29) is 10.8 Å². The molecular formula is C19H22N2O3S2. The Hall–Kier alpha value is -2.09. The lowest BCUT2D eigenvalue weighted by molar-refractivity contribution is -0.116. The lowest BCUT2D eigenvalue weighted by atomic mass is 10.2. The third-order valence-corrected chi connectivity index (χ3v) is 6.05. The van der Waals surface area contributed by atoms with E-state index in [1.54, 1.807) is 30.0 Å². The molecule has 1 amide bonds. The fraction of sp³-hybridized carbons (Fsp3) is 0.211. The molecule has 0 aliphatic carbocycles. The fourth-order valence-electron chi connectivity index (χ4n) is 2.10. The summed E-state index contributed by atoms with van der Waals surface area (Å²) < 4.78 is 25.6. The maximum Gasteiger partial charge on any atom is 0.243 e. The van der Waals surface area contributed by atoms with Crippen LogP contribution >= 0.6 is 11.8 Å². The summed E-state index contributed by atoms with van der Waals surface area (Å²) >= 11 is 1.76. The van der Waals surface area contributed by atoms with Crippen LogP contribution in [0.5, 0.6) is 0 Å². The van der Waals surface area contributed by atoms with Gasteiger partial charge in [0.2, 0.25) is 15.9 Å². The van der Waals surface area contributed by atoms with Gasteiger partial charge in [-0.2, -0.15) is 0 Å². The van der Waals surface area contributed by atoms with Gasteiger partial charge in [0, 0.05) is 17.5 Å². The number of nitrogens with one attached hydrogen (secondary N) is 2. The molecule has 0 fully saturated rings. The Morgan fingerprint density at radius 2 is 1.77 bits per heavy atom. The minimum absolute atomic E-state index is 0.165. The molecule has 0 aliphatic heterocycles. The quantitative estimate of drug-likeness (QED) is 0.392. The first kappa shape index (κ1) is 20.2. The van der Waals surface area contributed by atoms with E-state index in [1.807, 2.05) is 18.2 Å². The first-order chi connectivity index (χ1) is 12.5. The van der Waals surface area contributed by atoms with E-state index in [1.165, 1.54) is 30.2 Å². The van der Waals surface area contributed by atoms with Crippen molar-refractivity contribution in [3.8, 4) is 0 Å². The van der Waals surface area contributed by atoms with Gasteiger partial charge in [0.05, 0.1) is 4.90 Å². The Morgan fingerprint density at radius 3 is 2.42 bits per heavy atom. The van der Waals surface area contributed by atoms with E-state index in [4.69, 9.17) is 0 Å². The van der Waals surface area contributed by atoms with Crippen LogP contribution in [0.25, 0.3) is 6.08 Å². The lowest BCUT2D eigenvalue weighted by Gasteiger charge is -2.03. The number of rotatable bonds is 9. The van der Waals surface area contributed by atoms with Crippen molar-refractivity contribution >= 4 is 33.8 Å². The van der Waals surface area contributed by atoms with Gasteiger partial charge in [0.15, 0.2) is 0 Å². The standard InChI is InChI=1S/C19H22N2O3S2/c1-20-26(23,24)18-11-8-16(9-12-18)10-13-19(22)21-14-5-15-25-17-6-3-2-4-7-17/h2-4,6-13,20H,5,14-15H2,1H3,(H,21,22)/b13-10+. The van der Waals surface area contributed by atoms with Crippen LogP contribution in [0.1, 0.15) is 12.0 Å². The molecule has 138 valence electrons. The van der Waals surface area contributed by atoms with E-state index < -0.39 is 10.0 Å². The van der Waals surface area contributed by atoms with E-state index in [0.29, 0.717) is 6.54 Å². The second-order valence-corrected chi connectivity index (χ2v) is 8.47. The zero-order valence-electron chi connectivity index (χ0n) is 14.5. The summed E-state index contributed by atoms with van der Waals surface area (Å²) in [5.41, 5.74) is 0.759. The number of sulfonamides is 1. The highest BCUT2D eigenvalue weighted by Gasteiger charge is 2.09. The Labute approximate surface area is 158 Å². The average Bonchev–Trinajstić information content (AvgIpc) is 2.67. The number of thioether (sulfide) groups is 1. The van der Waals surface area contributed by atoms with Crippen LogP contribution in [-0.4, -0.2) is 33.7 Å². The topological polar surface area (TPSA) is 75.3 Å². The van der Waals surface area contributed by atoms with Crippen LogP contribution < -0.4 is 10.0 Å². The van der Waals surface area contributed by atoms with Crippen LogP contribution in [0.15, 0.2) is 70.5 Å². The molecule has 5 nitrogen and oxygen atoms in total. The third-order valence-electron chi connectivity index (χ3n) is 3.52. The molecule has 0 bridgehead atoms. The summed E-state index contributed by atoms with van der Waals surface area (Å²) in [6, 6.07) is 16.5. The number of carbonyl (C=O) groups is 1. The lowest BCUT2D eigenvalue weighted by Crippen LogP contribution is -2.22. The van der Waals surface area contributed by atoms with Crippen molar-refractivity contribution in [3.05, 3.63) is 66.2 Å². The van der Waals surface area contributed by atoms with Crippen LogP contribution in [0, 0.1) is 0 Å². The number of amides is 1. The predicted molar refractivity (Wildman–Crippen MR) is 107 cm³/mol. The number of carbonyl (C=O) groups excluding carboxylic acids is 1. The van der Waals surface area contributed by atoms with Gasteiger partial charge in [-0.1, -0.05) is 30.3 Å². The molecule has 0 spiro atoms. The van der Waals surface area contributed by atoms with Crippen molar-refractivity contribution in [2.45, 2.75) is 16.2 Å². The molecule has 0 atom stereocenters. The van der Waals surface area contributed by atoms with Crippen LogP contribution in [0.4, 0.5) is 0 Å². The third kappa shape index (κ3) is 6.67. The zero-order valence-corrected chi connectivity index (χ0v) is 16.1. The largest absolute Gasteiger partial charge is 0.353 e. The van der Waals surface area contributed by atoms with Crippen LogP contribution in [0.3, 0.4) is 0 Å². The number of hydrogen-bond donors (Lipinski definition) is 2. The molecule has 0 aliphatic rings. The Bertz CT molecular complexity index is 833. The van der Waals surface area contributed by atoms with Gasteiger partial charge >= 0.3 is 0 Å². The second kappa shape index (κ2) is 10.2. The van der Waals surface area contributed by atoms with E-state index >= 15 is 0 Å². The SMILES string of the molecule is CNS(=O)(=O)c1ccc(/C=C/C(=O)NCCCSc2ccccc2)cc1. The Morgan fingerprint density at radius 1 is 1.08 bits per heavy atom. The molecule has 7 heteroatoms. The first-order valence-corrected chi connectivity index (χ1v) is 10.7. The first-order valence-electron chi connectivity index (χ1n) is 8.18. The smallest absolute Gasteiger partial charge is 0.243 e. The molecule has 2 N–H and O–H groups in total. The molecule has 2 rings (SSSR count). The van der Waals surface area contributed by atoms with Gasteiger partial charge in [-0.3, -0.25) is 4.79 Å². The van der Waals surface area contributed by atoms with E-state index in [0.717, 1.165) is 17.7 Å². The van der Waals surface area contributed by atoms with Crippen molar-refractivity contribution in [2.75, 3.05) is 19.3 Å². The molecule has 0 saturated heterocycles. The molecule has 2 aromatic rings. The van der Waals surface area contributed by atoms with Crippen LogP contribution in [0.2, 0.25) is 0 Å². The van der Waals surface area contributed by atoms with Gasteiger partial charge < -0.3 is 5.32 Å². The van der Waals surface area contributed by atoms with Crippen molar-refractivity contribution in [2.24, 2.45) is 0 Å². The molecule has 0 aromatic heterocycles. The molecule has 0 saturated carbocycles. The second-order valence-electron chi connectivity index (χ2n) is 5.42. The molecule has 0 radical (unpaired) electrons. The summed E-state index contributed by atoms with van der Waals surface area (Å²) in [5, 5.41) is 2.84. The Kier molecular flexibility index (Phi) is 7.90. The molecule has 2 aromatic carbocycles.